The van der Waals surface area contributed by atoms with Crippen molar-refractivity contribution in [1.82, 2.24) is 5.32 Å². The van der Waals surface area contributed by atoms with Crippen LogP contribution in [-0.2, 0) is 5.54 Å². The van der Waals surface area contributed by atoms with E-state index in [9.17, 15) is 0 Å². The van der Waals surface area contributed by atoms with Gasteiger partial charge in [-0.2, -0.15) is 11.8 Å². The lowest BCUT2D eigenvalue weighted by Gasteiger charge is -2.31. The van der Waals surface area contributed by atoms with Crippen LogP contribution in [0.15, 0.2) is 18.2 Å². The Morgan fingerprint density at radius 2 is 2.24 bits per heavy atom. The summed E-state index contributed by atoms with van der Waals surface area (Å²) in [6, 6.07) is 6.27. The molecule has 4 heteroatoms. The molecule has 0 radical (unpaired) electrons. The van der Waals surface area contributed by atoms with Gasteiger partial charge in [0.25, 0.3) is 0 Å². The van der Waals surface area contributed by atoms with Gasteiger partial charge in [-0.05, 0) is 51.0 Å². The molecule has 2 heterocycles. The summed E-state index contributed by atoms with van der Waals surface area (Å²) in [5, 5.41) is 3.64. The van der Waals surface area contributed by atoms with Crippen LogP contribution in [0.4, 0.5) is 0 Å². The molecular weight excluding hydrogens is 282 g/mol. The van der Waals surface area contributed by atoms with Gasteiger partial charge in [0.15, 0.2) is 11.5 Å². The molecule has 0 aromatic heterocycles. The largest absolute Gasteiger partial charge is 0.493 e. The second-order valence-corrected chi connectivity index (χ2v) is 7.31. The minimum absolute atomic E-state index is 0.00564. The molecule has 2 fully saturated rings. The van der Waals surface area contributed by atoms with E-state index < -0.39 is 0 Å². The molecule has 1 aromatic rings. The Labute approximate surface area is 131 Å². The molecule has 2 unspecified atom stereocenters. The predicted molar refractivity (Wildman–Crippen MR) is 88.6 cm³/mol. The molecular formula is C17H25NO2S. The van der Waals surface area contributed by atoms with Crippen LogP contribution in [0, 0.1) is 0 Å². The van der Waals surface area contributed by atoms with Crippen molar-refractivity contribution in [3.05, 3.63) is 23.8 Å². The zero-order chi connectivity index (χ0) is 14.7. The second kappa shape index (κ2) is 6.49. The molecule has 3 nitrogen and oxygen atoms in total. The molecule has 3 rings (SSSR count). The smallest absolute Gasteiger partial charge is 0.166 e. The Balaban J connectivity index is 1.91. The van der Waals surface area contributed by atoms with E-state index in [2.05, 4.69) is 24.4 Å². The Morgan fingerprint density at radius 1 is 1.33 bits per heavy atom. The first kappa shape index (κ1) is 15.0. The Bertz CT molecular complexity index is 480. The number of hydrogen-bond donors (Lipinski definition) is 1. The molecule has 116 valence electrons. The highest BCUT2D eigenvalue weighted by Gasteiger charge is 2.34. The van der Waals surface area contributed by atoms with Gasteiger partial charge in [-0.1, -0.05) is 12.1 Å². The number of rotatable bonds is 4. The van der Waals surface area contributed by atoms with E-state index in [0.29, 0.717) is 6.10 Å². The van der Waals surface area contributed by atoms with E-state index in [-0.39, 0.29) is 5.54 Å². The lowest BCUT2D eigenvalue weighted by Crippen LogP contribution is -2.34. The Morgan fingerprint density at radius 3 is 2.90 bits per heavy atom. The second-order valence-electron chi connectivity index (χ2n) is 6.16. The van der Waals surface area contributed by atoms with Gasteiger partial charge in [0.1, 0.15) is 6.10 Å². The van der Waals surface area contributed by atoms with Crippen LogP contribution in [0.5, 0.6) is 11.5 Å². The van der Waals surface area contributed by atoms with E-state index in [1.54, 1.807) is 7.11 Å². The summed E-state index contributed by atoms with van der Waals surface area (Å²) in [6.07, 6.45) is 5.07. The fourth-order valence-electron chi connectivity index (χ4n) is 3.33. The number of nitrogens with one attached hydrogen (secondary N) is 1. The Hall–Kier alpha value is -0.870. The molecule has 2 atom stereocenters. The third-order valence-corrected chi connectivity index (χ3v) is 5.75. The topological polar surface area (TPSA) is 30.5 Å². The Kier molecular flexibility index (Phi) is 4.65. The van der Waals surface area contributed by atoms with E-state index in [0.717, 1.165) is 36.6 Å². The van der Waals surface area contributed by atoms with Crippen molar-refractivity contribution < 1.29 is 9.47 Å². The van der Waals surface area contributed by atoms with Crippen molar-refractivity contribution in [3.63, 3.8) is 0 Å². The lowest BCUT2D eigenvalue weighted by molar-refractivity contribution is 0.195. The van der Waals surface area contributed by atoms with Gasteiger partial charge in [0, 0.05) is 16.9 Å². The molecule has 0 aliphatic carbocycles. The standard InChI is InChI=1S/C17H25NO2S/c1-17(9-5-10-18-17)14-7-3-8-15(19-2)16(14)20-13-6-4-11-21-12-13/h3,7-8,13,18H,4-6,9-12H2,1-2H3. The first-order chi connectivity index (χ1) is 10.2. The highest BCUT2D eigenvalue weighted by molar-refractivity contribution is 7.99. The summed E-state index contributed by atoms with van der Waals surface area (Å²) in [5.41, 5.74) is 1.25. The van der Waals surface area contributed by atoms with Crippen molar-refractivity contribution in [2.75, 3.05) is 25.2 Å². The van der Waals surface area contributed by atoms with Gasteiger partial charge in [0.2, 0.25) is 0 Å². The highest BCUT2D eigenvalue weighted by atomic mass is 32.2. The van der Waals surface area contributed by atoms with Gasteiger partial charge < -0.3 is 14.8 Å². The van der Waals surface area contributed by atoms with Crippen molar-refractivity contribution >= 4 is 11.8 Å². The SMILES string of the molecule is COc1cccc(C2(C)CCCN2)c1OC1CCCSC1. The van der Waals surface area contributed by atoms with Gasteiger partial charge in [-0.3, -0.25) is 0 Å². The molecule has 2 aliphatic heterocycles. The predicted octanol–water partition coefficient (Wildman–Crippen LogP) is 3.57. The first-order valence-corrected chi connectivity index (χ1v) is 9.05. The summed E-state index contributed by atoms with van der Waals surface area (Å²) in [4.78, 5) is 0. The molecule has 1 N–H and O–H groups in total. The van der Waals surface area contributed by atoms with Crippen molar-refractivity contribution in [3.8, 4) is 11.5 Å². The normalized spacial score (nSPS) is 29.3. The summed E-state index contributed by atoms with van der Waals surface area (Å²) < 4.78 is 12.0. The summed E-state index contributed by atoms with van der Waals surface area (Å²) >= 11 is 1.99. The van der Waals surface area contributed by atoms with Gasteiger partial charge in [-0.25, -0.2) is 0 Å². The molecule has 0 amide bonds. The van der Waals surface area contributed by atoms with Crippen molar-refractivity contribution in [2.45, 2.75) is 44.2 Å². The molecule has 0 saturated carbocycles. The summed E-state index contributed by atoms with van der Waals surface area (Å²) in [7, 11) is 1.73. The van der Waals surface area contributed by atoms with Gasteiger partial charge in [0.05, 0.1) is 7.11 Å². The summed E-state index contributed by atoms with van der Waals surface area (Å²) in [5.74, 6) is 4.15. The maximum absolute atomic E-state index is 6.40. The number of hydrogen-bond acceptors (Lipinski definition) is 4. The summed E-state index contributed by atoms with van der Waals surface area (Å²) in [6.45, 7) is 3.35. The number of ether oxygens (including phenoxy) is 2. The molecule has 2 aliphatic rings. The third-order valence-electron chi connectivity index (χ3n) is 4.57. The molecule has 2 saturated heterocycles. The number of benzene rings is 1. The van der Waals surface area contributed by atoms with Crippen LogP contribution in [-0.4, -0.2) is 31.3 Å². The molecule has 0 spiro atoms. The van der Waals surface area contributed by atoms with Crippen LogP contribution in [0.2, 0.25) is 0 Å². The van der Waals surface area contributed by atoms with Crippen LogP contribution in [0.25, 0.3) is 0 Å². The maximum atomic E-state index is 6.40. The van der Waals surface area contributed by atoms with Crippen LogP contribution >= 0.6 is 11.8 Å². The lowest BCUT2D eigenvalue weighted by atomic mass is 9.89. The van der Waals surface area contributed by atoms with Crippen LogP contribution in [0.1, 0.15) is 38.2 Å². The quantitative estimate of drug-likeness (QED) is 0.921. The zero-order valence-electron chi connectivity index (χ0n) is 13.0. The zero-order valence-corrected chi connectivity index (χ0v) is 13.8. The molecule has 21 heavy (non-hydrogen) atoms. The average Bonchev–Trinajstić information content (AvgIpc) is 2.96. The first-order valence-electron chi connectivity index (χ1n) is 7.90. The monoisotopic (exact) mass is 307 g/mol. The number of para-hydroxylation sites is 1. The fraction of sp³-hybridized carbons (Fsp3) is 0.647. The molecule has 0 bridgehead atoms. The van der Waals surface area contributed by atoms with Gasteiger partial charge >= 0.3 is 0 Å². The number of methoxy groups -OCH3 is 1. The maximum Gasteiger partial charge on any atom is 0.166 e. The van der Waals surface area contributed by atoms with Crippen LogP contribution in [0.3, 0.4) is 0 Å². The average molecular weight is 307 g/mol. The third kappa shape index (κ3) is 3.16. The number of thioether (sulfide) groups is 1. The van der Waals surface area contributed by atoms with E-state index in [4.69, 9.17) is 9.47 Å². The van der Waals surface area contributed by atoms with Crippen LogP contribution < -0.4 is 14.8 Å². The van der Waals surface area contributed by atoms with E-state index >= 15 is 0 Å². The van der Waals surface area contributed by atoms with Crippen molar-refractivity contribution in [1.29, 1.82) is 0 Å². The van der Waals surface area contributed by atoms with E-state index in [1.165, 1.54) is 24.2 Å². The van der Waals surface area contributed by atoms with Gasteiger partial charge in [-0.15, -0.1) is 0 Å². The highest BCUT2D eigenvalue weighted by Crippen LogP contribution is 2.42. The van der Waals surface area contributed by atoms with E-state index in [1.807, 2.05) is 17.8 Å². The molecule has 1 aromatic carbocycles. The van der Waals surface area contributed by atoms with Crippen molar-refractivity contribution in [2.24, 2.45) is 0 Å². The minimum Gasteiger partial charge on any atom is -0.493 e. The minimum atomic E-state index is 0.00564. The fourth-order valence-corrected chi connectivity index (χ4v) is 4.36.